The van der Waals surface area contributed by atoms with Crippen molar-refractivity contribution in [1.82, 2.24) is 0 Å². The second kappa shape index (κ2) is 4.69. The van der Waals surface area contributed by atoms with Crippen molar-refractivity contribution in [2.75, 3.05) is 5.32 Å². The summed E-state index contributed by atoms with van der Waals surface area (Å²) in [7, 11) is 0. The van der Waals surface area contributed by atoms with E-state index in [1.165, 1.54) is 25.0 Å². The number of hydrogen-bond acceptors (Lipinski definition) is 3. The van der Waals surface area contributed by atoms with E-state index in [1.54, 1.807) is 6.07 Å². The van der Waals surface area contributed by atoms with Gasteiger partial charge >= 0.3 is 5.69 Å². The fraction of sp³-hybridized carbons (Fsp3) is 0.500. The van der Waals surface area contributed by atoms with Crippen molar-refractivity contribution in [3.8, 4) is 0 Å². The van der Waals surface area contributed by atoms with Gasteiger partial charge in [-0.05, 0) is 25.3 Å². The zero-order valence-corrected chi connectivity index (χ0v) is 9.65. The van der Waals surface area contributed by atoms with Crippen molar-refractivity contribution in [2.45, 2.75) is 32.2 Å². The Bertz CT molecular complexity index is 433. The summed E-state index contributed by atoms with van der Waals surface area (Å²) in [6, 6.07) is 4.19. The molecule has 0 heterocycles. The molecule has 4 nitrogen and oxygen atoms in total. The first-order valence-corrected chi connectivity index (χ1v) is 5.76. The number of rotatable bonds is 5. The molecular formula is C12H15FN2O2. The maximum atomic E-state index is 13.3. The van der Waals surface area contributed by atoms with E-state index >= 15 is 0 Å². The summed E-state index contributed by atoms with van der Waals surface area (Å²) in [4.78, 5) is 9.74. The van der Waals surface area contributed by atoms with E-state index in [2.05, 4.69) is 5.32 Å². The number of nitrogens with one attached hydrogen (secondary N) is 1. The molecule has 0 radical (unpaired) electrons. The molecule has 1 saturated carbocycles. The number of hydrogen-bond donors (Lipinski definition) is 1. The van der Waals surface area contributed by atoms with Gasteiger partial charge in [0.1, 0.15) is 0 Å². The van der Waals surface area contributed by atoms with Gasteiger partial charge < -0.3 is 5.32 Å². The third-order valence-corrected chi connectivity index (χ3v) is 2.94. The Hall–Kier alpha value is -1.65. The number of nitro benzene ring substituents is 1. The number of nitro groups is 1. The Labute approximate surface area is 99.0 Å². The molecule has 0 spiro atoms. The van der Waals surface area contributed by atoms with Crippen LogP contribution in [0.15, 0.2) is 18.2 Å². The van der Waals surface area contributed by atoms with E-state index in [4.69, 9.17) is 0 Å². The Morgan fingerprint density at radius 2 is 2.29 bits per heavy atom. The Morgan fingerprint density at radius 3 is 2.82 bits per heavy atom. The quantitative estimate of drug-likeness (QED) is 0.632. The third kappa shape index (κ3) is 3.15. The minimum absolute atomic E-state index is 0.267. The van der Waals surface area contributed by atoms with Crippen molar-refractivity contribution < 1.29 is 9.31 Å². The molecule has 0 aliphatic heterocycles. The van der Waals surface area contributed by atoms with E-state index in [0.717, 1.165) is 12.3 Å². The molecule has 92 valence electrons. The van der Waals surface area contributed by atoms with Crippen LogP contribution in [0.25, 0.3) is 0 Å². The van der Waals surface area contributed by atoms with Crippen molar-refractivity contribution in [2.24, 2.45) is 5.92 Å². The first-order valence-electron chi connectivity index (χ1n) is 5.76. The van der Waals surface area contributed by atoms with Crippen molar-refractivity contribution in [3.63, 3.8) is 0 Å². The molecule has 0 aromatic heterocycles. The first-order chi connectivity index (χ1) is 8.06. The third-order valence-electron chi connectivity index (χ3n) is 2.94. The summed E-state index contributed by atoms with van der Waals surface area (Å²) in [5.74, 6) is -0.000910. The minimum atomic E-state index is -0.793. The summed E-state index contributed by atoms with van der Waals surface area (Å²) in [6.45, 7) is 2.04. The number of anilines is 1. The lowest BCUT2D eigenvalue weighted by atomic mass is 10.1. The fourth-order valence-corrected chi connectivity index (χ4v) is 1.94. The molecule has 1 aliphatic carbocycles. The van der Waals surface area contributed by atoms with Crippen LogP contribution in [0.4, 0.5) is 15.8 Å². The summed E-state index contributed by atoms with van der Waals surface area (Å²) < 4.78 is 13.3. The lowest BCUT2D eigenvalue weighted by molar-refractivity contribution is -0.387. The molecule has 2 rings (SSSR count). The van der Waals surface area contributed by atoms with Crippen LogP contribution in [-0.4, -0.2) is 11.0 Å². The lowest BCUT2D eigenvalue weighted by Gasteiger charge is -2.14. The normalized spacial score (nSPS) is 16.6. The monoisotopic (exact) mass is 238 g/mol. The standard InChI is InChI=1S/C12H15FN2O2/c1-8(6-9-2-3-9)14-10-4-5-12(15(16)17)11(13)7-10/h4-5,7-9,14H,2-3,6H2,1H3. The van der Waals surface area contributed by atoms with Gasteiger partial charge in [-0.2, -0.15) is 4.39 Å². The molecule has 1 aliphatic rings. The summed E-state index contributed by atoms with van der Waals surface area (Å²) >= 11 is 0. The van der Waals surface area contributed by atoms with Crippen LogP contribution in [0, 0.1) is 21.8 Å². The highest BCUT2D eigenvalue weighted by atomic mass is 19.1. The molecule has 1 aromatic carbocycles. The highest BCUT2D eigenvalue weighted by Crippen LogP contribution is 2.34. The van der Waals surface area contributed by atoms with Crippen LogP contribution < -0.4 is 5.32 Å². The van der Waals surface area contributed by atoms with Crippen LogP contribution in [0.2, 0.25) is 0 Å². The van der Waals surface area contributed by atoms with Gasteiger partial charge in [-0.25, -0.2) is 0 Å². The number of halogens is 1. The molecular weight excluding hydrogens is 223 g/mol. The maximum absolute atomic E-state index is 13.3. The Kier molecular flexibility index (Phi) is 3.26. The Balaban J connectivity index is 2.00. The van der Waals surface area contributed by atoms with E-state index in [1.807, 2.05) is 6.92 Å². The van der Waals surface area contributed by atoms with Crippen LogP contribution in [0.5, 0.6) is 0 Å². The summed E-state index contributed by atoms with van der Waals surface area (Å²) in [5, 5.41) is 13.6. The van der Waals surface area contributed by atoms with Gasteiger partial charge in [0, 0.05) is 23.9 Å². The van der Waals surface area contributed by atoms with E-state index < -0.39 is 16.4 Å². The van der Waals surface area contributed by atoms with Gasteiger partial charge in [0.05, 0.1) is 4.92 Å². The molecule has 5 heteroatoms. The number of benzene rings is 1. The molecule has 1 atom stereocenters. The van der Waals surface area contributed by atoms with Gasteiger partial charge in [0.2, 0.25) is 5.82 Å². The molecule has 0 saturated heterocycles. The highest BCUT2D eigenvalue weighted by molar-refractivity contribution is 5.50. The molecule has 1 N–H and O–H groups in total. The molecule has 1 aromatic rings. The average molecular weight is 238 g/mol. The SMILES string of the molecule is CC(CC1CC1)Nc1ccc([N+](=O)[O-])c(F)c1. The smallest absolute Gasteiger partial charge is 0.304 e. The zero-order chi connectivity index (χ0) is 12.4. The first kappa shape index (κ1) is 11.8. The topological polar surface area (TPSA) is 55.2 Å². The predicted octanol–water partition coefficient (Wildman–Crippen LogP) is 3.33. The predicted molar refractivity (Wildman–Crippen MR) is 63.5 cm³/mol. The minimum Gasteiger partial charge on any atom is -0.382 e. The summed E-state index contributed by atoms with van der Waals surface area (Å²) in [5.41, 5.74) is 0.117. The van der Waals surface area contributed by atoms with Gasteiger partial charge in [-0.1, -0.05) is 12.8 Å². The van der Waals surface area contributed by atoms with Gasteiger partial charge in [-0.3, -0.25) is 10.1 Å². The maximum Gasteiger partial charge on any atom is 0.304 e. The van der Waals surface area contributed by atoms with Crippen LogP contribution in [0.3, 0.4) is 0 Å². The van der Waals surface area contributed by atoms with Gasteiger partial charge in [0.25, 0.3) is 0 Å². The molecule has 0 amide bonds. The number of nitrogens with zero attached hydrogens (tertiary/aromatic N) is 1. The summed E-state index contributed by atoms with van der Waals surface area (Å²) in [6.07, 6.45) is 3.62. The van der Waals surface area contributed by atoms with E-state index in [-0.39, 0.29) is 6.04 Å². The van der Waals surface area contributed by atoms with Gasteiger partial charge in [0.15, 0.2) is 0 Å². The highest BCUT2D eigenvalue weighted by Gasteiger charge is 2.23. The molecule has 1 unspecified atom stereocenters. The van der Waals surface area contributed by atoms with E-state index in [9.17, 15) is 14.5 Å². The second-order valence-electron chi connectivity index (χ2n) is 4.65. The second-order valence-corrected chi connectivity index (χ2v) is 4.65. The molecule has 17 heavy (non-hydrogen) atoms. The average Bonchev–Trinajstić information content (AvgIpc) is 3.00. The van der Waals surface area contributed by atoms with Crippen LogP contribution >= 0.6 is 0 Å². The fourth-order valence-electron chi connectivity index (χ4n) is 1.94. The van der Waals surface area contributed by atoms with Crippen LogP contribution in [0.1, 0.15) is 26.2 Å². The van der Waals surface area contributed by atoms with Crippen molar-refractivity contribution >= 4 is 11.4 Å². The lowest BCUT2D eigenvalue weighted by Crippen LogP contribution is -2.15. The molecule has 1 fully saturated rings. The zero-order valence-electron chi connectivity index (χ0n) is 9.65. The van der Waals surface area contributed by atoms with Crippen molar-refractivity contribution in [1.29, 1.82) is 0 Å². The van der Waals surface area contributed by atoms with Crippen LogP contribution in [-0.2, 0) is 0 Å². The Morgan fingerprint density at radius 1 is 1.59 bits per heavy atom. The van der Waals surface area contributed by atoms with Crippen molar-refractivity contribution in [3.05, 3.63) is 34.1 Å². The van der Waals surface area contributed by atoms with E-state index in [0.29, 0.717) is 5.69 Å². The largest absolute Gasteiger partial charge is 0.382 e. The van der Waals surface area contributed by atoms with Gasteiger partial charge in [-0.15, -0.1) is 0 Å². The molecule has 0 bridgehead atoms.